The molecule has 0 spiro atoms. The molecule has 0 unspecified atom stereocenters. The summed E-state index contributed by atoms with van der Waals surface area (Å²) in [5.74, 6) is 0.220. The number of aryl methyl sites for hydroxylation is 1. The van der Waals surface area contributed by atoms with Crippen LogP contribution in [-0.2, 0) is 22.8 Å². The number of thiophene rings is 1. The molecule has 0 amide bonds. The molecular formula is C12H21NO2S2. The molecule has 0 aliphatic rings. The normalized spacial score (nSPS) is 12.2. The fourth-order valence-electron chi connectivity index (χ4n) is 1.49. The first-order valence-electron chi connectivity index (χ1n) is 5.95. The van der Waals surface area contributed by atoms with E-state index < -0.39 is 9.84 Å². The van der Waals surface area contributed by atoms with Crippen LogP contribution in [0.1, 0.15) is 31.2 Å². The summed E-state index contributed by atoms with van der Waals surface area (Å²) in [5, 5.41) is 5.01. The number of hydrogen-bond acceptors (Lipinski definition) is 4. The zero-order chi connectivity index (χ0) is 12.9. The van der Waals surface area contributed by atoms with Crippen molar-refractivity contribution in [3.63, 3.8) is 0 Å². The molecule has 0 aromatic carbocycles. The van der Waals surface area contributed by atoms with Gasteiger partial charge in [-0.3, -0.25) is 0 Å². The second-order valence-electron chi connectivity index (χ2n) is 4.32. The molecule has 0 bridgehead atoms. The van der Waals surface area contributed by atoms with E-state index in [9.17, 15) is 8.42 Å². The van der Waals surface area contributed by atoms with E-state index in [-0.39, 0.29) is 11.0 Å². The van der Waals surface area contributed by atoms with Crippen molar-refractivity contribution in [1.82, 2.24) is 5.32 Å². The van der Waals surface area contributed by atoms with Crippen LogP contribution in [-0.4, -0.2) is 26.0 Å². The molecule has 0 aliphatic carbocycles. The first-order chi connectivity index (χ1) is 7.97. The Balaban J connectivity index is 2.35. The Kier molecular flexibility index (Phi) is 5.62. The molecule has 0 fully saturated rings. The van der Waals surface area contributed by atoms with E-state index in [1.54, 1.807) is 25.2 Å². The molecule has 3 nitrogen and oxygen atoms in total. The van der Waals surface area contributed by atoms with E-state index in [2.05, 4.69) is 23.7 Å². The van der Waals surface area contributed by atoms with Crippen LogP contribution in [0, 0.1) is 0 Å². The summed E-state index contributed by atoms with van der Waals surface area (Å²) in [5.41, 5.74) is 1.36. The summed E-state index contributed by atoms with van der Waals surface area (Å²) < 4.78 is 23.2. The first-order valence-corrected chi connectivity index (χ1v) is 8.54. The van der Waals surface area contributed by atoms with Gasteiger partial charge in [-0.15, -0.1) is 11.3 Å². The van der Waals surface area contributed by atoms with E-state index >= 15 is 0 Å². The molecule has 1 heterocycles. The zero-order valence-corrected chi connectivity index (χ0v) is 12.3. The smallest absolute Gasteiger partial charge is 0.153 e. The summed E-state index contributed by atoms with van der Waals surface area (Å²) in [7, 11) is -2.91. The monoisotopic (exact) mass is 275 g/mol. The highest BCUT2D eigenvalue weighted by molar-refractivity contribution is 7.92. The second kappa shape index (κ2) is 6.52. The Morgan fingerprint density at radius 3 is 2.71 bits per heavy atom. The van der Waals surface area contributed by atoms with Crippen molar-refractivity contribution in [3.05, 3.63) is 21.9 Å². The lowest BCUT2D eigenvalue weighted by Gasteiger charge is -2.08. The first kappa shape index (κ1) is 14.7. The van der Waals surface area contributed by atoms with Gasteiger partial charge in [-0.1, -0.05) is 6.92 Å². The van der Waals surface area contributed by atoms with Gasteiger partial charge in [0.2, 0.25) is 0 Å². The molecular weight excluding hydrogens is 254 g/mol. The Morgan fingerprint density at radius 2 is 2.12 bits per heavy atom. The number of nitrogens with one attached hydrogen (secondary N) is 1. The standard InChI is InChI=1S/C12H21NO2S2/c1-4-11-5-7-16-12(11)9-13-6-8-17(14,15)10(2)3/h5,7,10,13H,4,6,8-9H2,1-3H3. The molecule has 0 radical (unpaired) electrons. The van der Waals surface area contributed by atoms with Crippen LogP contribution in [0.15, 0.2) is 11.4 Å². The molecule has 0 saturated heterocycles. The quantitative estimate of drug-likeness (QED) is 0.776. The lowest BCUT2D eigenvalue weighted by atomic mass is 10.2. The Morgan fingerprint density at radius 1 is 1.41 bits per heavy atom. The van der Waals surface area contributed by atoms with Crippen LogP contribution >= 0.6 is 11.3 Å². The lowest BCUT2D eigenvalue weighted by Crippen LogP contribution is -2.27. The van der Waals surface area contributed by atoms with E-state index in [0.29, 0.717) is 6.54 Å². The van der Waals surface area contributed by atoms with Crippen molar-refractivity contribution >= 4 is 21.2 Å². The average Bonchev–Trinajstić information content (AvgIpc) is 2.71. The van der Waals surface area contributed by atoms with E-state index in [1.165, 1.54) is 10.4 Å². The highest BCUT2D eigenvalue weighted by Gasteiger charge is 2.15. The molecule has 1 rings (SSSR count). The fourth-order valence-corrected chi connectivity index (χ4v) is 3.34. The molecule has 0 saturated carbocycles. The molecule has 1 aromatic rings. The van der Waals surface area contributed by atoms with Crippen LogP contribution in [0.5, 0.6) is 0 Å². The molecule has 1 N–H and O–H groups in total. The molecule has 98 valence electrons. The van der Waals surface area contributed by atoms with Gasteiger partial charge in [0, 0.05) is 18.0 Å². The summed E-state index contributed by atoms with van der Waals surface area (Å²) in [6, 6.07) is 2.13. The van der Waals surface area contributed by atoms with Gasteiger partial charge in [0.25, 0.3) is 0 Å². The topological polar surface area (TPSA) is 46.2 Å². The van der Waals surface area contributed by atoms with Crippen molar-refractivity contribution in [3.8, 4) is 0 Å². The second-order valence-corrected chi connectivity index (χ2v) is 7.99. The maximum Gasteiger partial charge on any atom is 0.153 e. The van der Waals surface area contributed by atoms with Crippen molar-refractivity contribution in [1.29, 1.82) is 0 Å². The third-order valence-electron chi connectivity index (χ3n) is 2.79. The number of hydrogen-bond donors (Lipinski definition) is 1. The third-order valence-corrected chi connectivity index (χ3v) is 5.96. The maximum atomic E-state index is 11.6. The minimum absolute atomic E-state index is 0.220. The largest absolute Gasteiger partial charge is 0.311 e. The average molecular weight is 275 g/mol. The van der Waals surface area contributed by atoms with Gasteiger partial charge >= 0.3 is 0 Å². The predicted molar refractivity (Wildman–Crippen MR) is 74.3 cm³/mol. The van der Waals surface area contributed by atoms with Gasteiger partial charge in [0.15, 0.2) is 9.84 Å². The van der Waals surface area contributed by atoms with Crippen LogP contribution in [0.2, 0.25) is 0 Å². The Labute approximate surface area is 108 Å². The van der Waals surface area contributed by atoms with E-state index in [1.807, 2.05) is 0 Å². The summed E-state index contributed by atoms with van der Waals surface area (Å²) >= 11 is 1.73. The minimum atomic E-state index is -2.91. The van der Waals surface area contributed by atoms with Crippen LogP contribution in [0.25, 0.3) is 0 Å². The SMILES string of the molecule is CCc1ccsc1CNCCS(=O)(=O)C(C)C. The highest BCUT2D eigenvalue weighted by atomic mass is 32.2. The molecule has 0 aliphatic heterocycles. The predicted octanol–water partition coefficient (Wildman–Crippen LogP) is 2.22. The Hall–Kier alpha value is -0.390. The summed E-state index contributed by atoms with van der Waals surface area (Å²) in [4.78, 5) is 1.31. The van der Waals surface area contributed by atoms with Crippen LogP contribution in [0.4, 0.5) is 0 Å². The van der Waals surface area contributed by atoms with Gasteiger partial charge in [0.1, 0.15) is 0 Å². The molecule has 17 heavy (non-hydrogen) atoms. The maximum absolute atomic E-state index is 11.6. The fraction of sp³-hybridized carbons (Fsp3) is 0.667. The van der Waals surface area contributed by atoms with E-state index in [4.69, 9.17) is 0 Å². The molecule has 0 atom stereocenters. The minimum Gasteiger partial charge on any atom is -0.311 e. The number of rotatable bonds is 7. The zero-order valence-electron chi connectivity index (χ0n) is 10.7. The third kappa shape index (κ3) is 4.41. The van der Waals surface area contributed by atoms with Gasteiger partial charge in [-0.2, -0.15) is 0 Å². The van der Waals surface area contributed by atoms with Gasteiger partial charge in [0.05, 0.1) is 11.0 Å². The summed E-state index contributed by atoms with van der Waals surface area (Å²) in [6.07, 6.45) is 1.03. The highest BCUT2D eigenvalue weighted by Crippen LogP contribution is 2.16. The van der Waals surface area contributed by atoms with Gasteiger partial charge in [-0.25, -0.2) is 8.42 Å². The van der Waals surface area contributed by atoms with E-state index in [0.717, 1.165) is 13.0 Å². The van der Waals surface area contributed by atoms with Crippen LogP contribution in [0.3, 0.4) is 0 Å². The molecule has 1 aromatic heterocycles. The Bertz CT molecular complexity index is 435. The van der Waals surface area contributed by atoms with Crippen molar-refractivity contribution in [2.75, 3.05) is 12.3 Å². The number of sulfone groups is 1. The summed E-state index contributed by atoms with van der Waals surface area (Å²) in [6.45, 7) is 6.89. The lowest BCUT2D eigenvalue weighted by molar-refractivity contribution is 0.582. The van der Waals surface area contributed by atoms with Crippen molar-refractivity contribution in [2.45, 2.75) is 39.0 Å². The van der Waals surface area contributed by atoms with Gasteiger partial charge in [-0.05, 0) is 37.3 Å². The van der Waals surface area contributed by atoms with Crippen molar-refractivity contribution < 1.29 is 8.42 Å². The van der Waals surface area contributed by atoms with Crippen molar-refractivity contribution in [2.24, 2.45) is 0 Å². The van der Waals surface area contributed by atoms with Gasteiger partial charge < -0.3 is 5.32 Å². The van der Waals surface area contributed by atoms with Crippen LogP contribution < -0.4 is 5.32 Å². The molecule has 5 heteroatoms.